The Balaban J connectivity index is 1.89. The van der Waals surface area contributed by atoms with Crippen LogP contribution >= 0.6 is 0 Å². The summed E-state index contributed by atoms with van der Waals surface area (Å²) < 4.78 is 27.1. The third-order valence-electron chi connectivity index (χ3n) is 4.63. The second kappa shape index (κ2) is 5.41. The van der Waals surface area contributed by atoms with Gasteiger partial charge in [-0.05, 0) is 37.8 Å². The first-order valence-electron chi connectivity index (χ1n) is 7.25. The van der Waals surface area contributed by atoms with E-state index >= 15 is 0 Å². The number of sulfonamides is 1. The highest BCUT2D eigenvalue weighted by Gasteiger charge is 2.39. The molecule has 0 saturated carbocycles. The van der Waals surface area contributed by atoms with E-state index in [2.05, 4.69) is 5.32 Å². The molecule has 21 heavy (non-hydrogen) atoms. The summed E-state index contributed by atoms with van der Waals surface area (Å²) >= 11 is 0. The predicted molar refractivity (Wildman–Crippen MR) is 79.1 cm³/mol. The first-order valence-corrected chi connectivity index (χ1v) is 8.69. The normalized spacial score (nSPS) is 28.5. The van der Waals surface area contributed by atoms with Crippen LogP contribution in [0.15, 0.2) is 29.2 Å². The van der Waals surface area contributed by atoms with Crippen LogP contribution in [0.2, 0.25) is 0 Å². The van der Waals surface area contributed by atoms with E-state index in [0.29, 0.717) is 12.1 Å². The second-order valence-corrected chi connectivity index (χ2v) is 7.86. The lowest BCUT2D eigenvalue weighted by molar-refractivity contribution is 0.251. The number of hydrogen-bond donors (Lipinski definition) is 1. The molecule has 0 aromatic heterocycles. The average molecular weight is 305 g/mol. The maximum Gasteiger partial charge on any atom is 0.244 e. The quantitative estimate of drug-likeness (QED) is 0.917. The summed E-state index contributed by atoms with van der Waals surface area (Å²) in [5.41, 5.74) is 0.209. The highest BCUT2D eigenvalue weighted by atomic mass is 32.2. The Morgan fingerprint density at radius 1 is 1.24 bits per heavy atom. The molecule has 5 nitrogen and oxygen atoms in total. The molecule has 0 aliphatic carbocycles. The molecule has 2 saturated heterocycles. The van der Waals surface area contributed by atoms with Crippen LogP contribution in [0.25, 0.3) is 0 Å². The van der Waals surface area contributed by atoms with Gasteiger partial charge in [-0.15, -0.1) is 0 Å². The Morgan fingerprint density at radius 2 is 1.86 bits per heavy atom. The molecule has 1 aromatic carbocycles. The van der Waals surface area contributed by atoms with Crippen molar-refractivity contribution in [1.82, 2.24) is 9.62 Å². The fourth-order valence-electron chi connectivity index (χ4n) is 3.46. The van der Waals surface area contributed by atoms with Crippen molar-refractivity contribution in [2.75, 3.05) is 7.05 Å². The van der Waals surface area contributed by atoms with Gasteiger partial charge in [0.2, 0.25) is 10.0 Å². The molecule has 2 fully saturated rings. The molecule has 6 heteroatoms. The molecule has 2 aliphatic rings. The Morgan fingerprint density at radius 3 is 2.48 bits per heavy atom. The van der Waals surface area contributed by atoms with E-state index in [-0.39, 0.29) is 16.5 Å². The van der Waals surface area contributed by atoms with Gasteiger partial charge in [-0.25, -0.2) is 8.42 Å². The molecule has 112 valence electrons. The molecule has 3 rings (SSSR count). The van der Waals surface area contributed by atoms with Crippen molar-refractivity contribution < 1.29 is 8.42 Å². The maximum atomic E-state index is 12.8. The molecular formula is C15H19N3O2S. The van der Waals surface area contributed by atoms with Gasteiger partial charge in [0, 0.05) is 25.2 Å². The van der Waals surface area contributed by atoms with Crippen LogP contribution in [0.4, 0.5) is 0 Å². The van der Waals surface area contributed by atoms with Crippen molar-refractivity contribution in [2.24, 2.45) is 0 Å². The van der Waals surface area contributed by atoms with Crippen molar-refractivity contribution in [3.05, 3.63) is 29.8 Å². The molecule has 2 heterocycles. The molecule has 0 spiro atoms. The van der Waals surface area contributed by atoms with Gasteiger partial charge < -0.3 is 5.32 Å². The van der Waals surface area contributed by atoms with Gasteiger partial charge in [0.05, 0.1) is 10.5 Å². The van der Waals surface area contributed by atoms with Gasteiger partial charge in [0.15, 0.2) is 0 Å². The largest absolute Gasteiger partial charge is 0.311 e. The van der Waals surface area contributed by atoms with E-state index < -0.39 is 10.0 Å². The van der Waals surface area contributed by atoms with Crippen LogP contribution in [0.3, 0.4) is 0 Å². The summed E-state index contributed by atoms with van der Waals surface area (Å²) in [5, 5.41) is 12.6. The number of nitrogens with zero attached hydrogens (tertiary/aromatic N) is 2. The van der Waals surface area contributed by atoms with Gasteiger partial charge >= 0.3 is 0 Å². The van der Waals surface area contributed by atoms with Gasteiger partial charge in [-0.1, -0.05) is 12.1 Å². The SMILES string of the molecule is CN(C1CC2CCC(C1)N2)S(=O)(=O)c1ccccc1C#N. The van der Waals surface area contributed by atoms with Crippen LogP contribution in [0.5, 0.6) is 0 Å². The summed E-state index contributed by atoms with van der Waals surface area (Å²) in [7, 11) is -1.98. The fourth-order valence-corrected chi connectivity index (χ4v) is 4.98. The Bertz CT molecular complexity index is 668. The van der Waals surface area contributed by atoms with Crippen molar-refractivity contribution in [3.8, 4) is 6.07 Å². The van der Waals surface area contributed by atoms with E-state index in [9.17, 15) is 8.42 Å². The molecule has 1 aromatic rings. The molecule has 2 unspecified atom stereocenters. The third-order valence-corrected chi connectivity index (χ3v) is 6.60. The van der Waals surface area contributed by atoms with Gasteiger partial charge in [-0.2, -0.15) is 9.57 Å². The van der Waals surface area contributed by atoms with Gasteiger partial charge in [0.1, 0.15) is 6.07 Å². The summed E-state index contributed by atoms with van der Waals surface area (Å²) in [4.78, 5) is 0.112. The molecular weight excluding hydrogens is 286 g/mol. The van der Waals surface area contributed by atoms with Crippen molar-refractivity contribution in [3.63, 3.8) is 0 Å². The number of benzene rings is 1. The number of piperidine rings is 1. The number of nitriles is 1. The van der Waals surface area contributed by atoms with Crippen LogP contribution in [-0.4, -0.2) is 37.9 Å². The first kappa shape index (κ1) is 14.5. The van der Waals surface area contributed by atoms with Crippen molar-refractivity contribution in [1.29, 1.82) is 5.26 Å². The van der Waals surface area contributed by atoms with Crippen molar-refractivity contribution in [2.45, 2.75) is 48.7 Å². The maximum absolute atomic E-state index is 12.8. The van der Waals surface area contributed by atoms with E-state index in [1.165, 1.54) is 10.4 Å². The monoisotopic (exact) mass is 305 g/mol. The predicted octanol–water partition coefficient (Wildman–Crippen LogP) is 1.46. The average Bonchev–Trinajstić information content (AvgIpc) is 2.84. The summed E-state index contributed by atoms with van der Waals surface area (Å²) in [6.07, 6.45) is 3.95. The third kappa shape index (κ3) is 2.57. The Kier molecular flexibility index (Phi) is 3.74. The number of fused-ring (bicyclic) bond motifs is 2. The van der Waals surface area contributed by atoms with E-state index in [0.717, 1.165) is 25.7 Å². The fraction of sp³-hybridized carbons (Fsp3) is 0.533. The number of nitrogens with one attached hydrogen (secondary N) is 1. The zero-order valence-corrected chi connectivity index (χ0v) is 12.8. The summed E-state index contributed by atoms with van der Waals surface area (Å²) in [5.74, 6) is 0. The van der Waals surface area contributed by atoms with Gasteiger partial charge in [-0.3, -0.25) is 0 Å². The van der Waals surface area contributed by atoms with Crippen LogP contribution in [-0.2, 0) is 10.0 Å². The molecule has 0 amide bonds. The molecule has 2 aliphatic heterocycles. The minimum atomic E-state index is -3.62. The van der Waals surface area contributed by atoms with E-state index in [1.807, 2.05) is 6.07 Å². The lowest BCUT2D eigenvalue weighted by Crippen LogP contribution is -2.48. The van der Waals surface area contributed by atoms with E-state index in [1.54, 1.807) is 25.2 Å². The standard InChI is InChI=1S/C15H19N3O2S/c1-18(14-8-12-6-7-13(9-14)17-12)21(19,20)15-5-3-2-4-11(15)10-16/h2-5,12-14,17H,6-9H2,1H3. The van der Waals surface area contributed by atoms with Crippen LogP contribution in [0.1, 0.15) is 31.2 Å². The molecule has 0 radical (unpaired) electrons. The minimum Gasteiger partial charge on any atom is -0.311 e. The van der Waals surface area contributed by atoms with Crippen molar-refractivity contribution >= 4 is 10.0 Å². The zero-order valence-electron chi connectivity index (χ0n) is 12.0. The number of hydrogen-bond acceptors (Lipinski definition) is 4. The highest BCUT2D eigenvalue weighted by molar-refractivity contribution is 7.89. The smallest absolute Gasteiger partial charge is 0.244 e. The van der Waals surface area contributed by atoms with E-state index in [4.69, 9.17) is 5.26 Å². The second-order valence-electron chi connectivity index (χ2n) is 5.89. The zero-order chi connectivity index (χ0) is 15.0. The van der Waals surface area contributed by atoms with Crippen LogP contribution < -0.4 is 5.32 Å². The summed E-state index contributed by atoms with van der Waals surface area (Å²) in [6.45, 7) is 0. The number of rotatable bonds is 3. The topological polar surface area (TPSA) is 73.2 Å². The Labute approximate surface area is 125 Å². The molecule has 1 N–H and O–H groups in total. The molecule has 2 atom stereocenters. The minimum absolute atomic E-state index is 0.0144. The molecule has 2 bridgehead atoms. The lowest BCUT2D eigenvalue weighted by Gasteiger charge is -2.34. The highest BCUT2D eigenvalue weighted by Crippen LogP contribution is 2.32. The Hall–Kier alpha value is -1.42. The summed E-state index contributed by atoms with van der Waals surface area (Å²) in [6, 6.07) is 9.25. The van der Waals surface area contributed by atoms with Crippen LogP contribution in [0, 0.1) is 11.3 Å². The lowest BCUT2D eigenvalue weighted by atomic mass is 10.0. The van der Waals surface area contributed by atoms with Gasteiger partial charge in [0.25, 0.3) is 0 Å². The first-order chi connectivity index (χ1) is 10.0.